The molecular weight excluding hydrogens is 518 g/mol. The van der Waals surface area contributed by atoms with Crippen molar-refractivity contribution in [3.63, 3.8) is 0 Å². The minimum Gasteiger partial charge on any atom is -0.495 e. The third-order valence-corrected chi connectivity index (χ3v) is 7.95. The van der Waals surface area contributed by atoms with E-state index in [1.54, 1.807) is 43.5 Å². The molecule has 0 atom stereocenters. The average molecular weight is 558 g/mol. The van der Waals surface area contributed by atoms with Gasteiger partial charge in [-0.25, -0.2) is 4.98 Å². The van der Waals surface area contributed by atoms with E-state index in [1.807, 2.05) is 44.2 Å². The smallest absolute Gasteiger partial charge is 0.251 e. The van der Waals surface area contributed by atoms with Crippen LogP contribution in [-0.2, 0) is 4.79 Å². The van der Waals surface area contributed by atoms with Crippen LogP contribution in [-0.4, -0.2) is 73.1 Å². The first-order valence-corrected chi connectivity index (χ1v) is 14.2. The van der Waals surface area contributed by atoms with E-state index >= 15 is 0 Å². The molecule has 3 aromatic rings. The number of anilines is 5. The molecule has 2 amide bonds. The molecule has 0 saturated carbocycles. The molecule has 10 heteroatoms. The van der Waals surface area contributed by atoms with E-state index < -0.39 is 5.41 Å². The van der Waals surface area contributed by atoms with Gasteiger partial charge in [-0.2, -0.15) is 4.98 Å². The van der Waals surface area contributed by atoms with Crippen molar-refractivity contribution < 1.29 is 14.3 Å². The number of amides is 2. The maximum absolute atomic E-state index is 13.3. The third-order valence-electron chi connectivity index (χ3n) is 7.95. The van der Waals surface area contributed by atoms with Gasteiger partial charge in [-0.1, -0.05) is 25.1 Å². The highest BCUT2D eigenvalue weighted by atomic mass is 16.5. The second kappa shape index (κ2) is 11.7. The zero-order chi connectivity index (χ0) is 29.1. The molecule has 216 valence electrons. The summed E-state index contributed by atoms with van der Waals surface area (Å²) in [4.78, 5) is 41.8. The maximum Gasteiger partial charge on any atom is 0.251 e. The first-order valence-electron chi connectivity index (χ1n) is 14.2. The number of para-hydroxylation sites is 1. The number of carbonyl (C=O) groups excluding carboxylic acids is 2. The lowest BCUT2D eigenvalue weighted by molar-refractivity contribution is -0.125. The Kier molecular flexibility index (Phi) is 8.12. The molecule has 41 heavy (non-hydrogen) atoms. The molecule has 5 rings (SSSR count). The molecule has 1 fully saturated rings. The Morgan fingerprint density at radius 2 is 1.85 bits per heavy atom. The number of aromatic nitrogens is 2. The Morgan fingerprint density at radius 1 is 1.12 bits per heavy atom. The molecule has 2 aliphatic rings. The van der Waals surface area contributed by atoms with Gasteiger partial charge in [0.25, 0.3) is 5.91 Å². The number of likely N-dealkylation sites (tertiary alicyclic amines) is 1. The van der Waals surface area contributed by atoms with Crippen molar-refractivity contribution in [1.82, 2.24) is 20.2 Å². The summed E-state index contributed by atoms with van der Waals surface area (Å²) >= 11 is 0. The lowest BCUT2D eigenvalue weighted by Gasteiger charge is -2.31. The molecule has 0 unspecified atom stereocenters. The normalized spacial score (nSPS) is 17.5. The number of nitrogens with one attached hydrogen (secondary N) is 2. The summed E-state index contributed by atoms with van der Waals surface area (Å²) in [6.07, 6.45) is 3.56. The number of rotatable bonds is 7. The van der Waals surface area contributed by atoms with Crippen LogP contribution < -0.4 is 25.2 Å². The predicted octanol–water partition coefficient (Wildman–Crippen LogP) is 4.58. The zero-order valence-electron chi connectivity index (χ0n) is 24.5. The molecule has 0 aliphatic carbocycles. The van der Waals surface area contributed by atoms with Crippen LogP contribution in [0.25, 0.3) is 0 Å². The fraction of sp³-hybridized carbons (Fsp3) is 0.419. The summed E-state index contributed by atoms with van der Waals surface area (Å²) in [5.74, 6) is 1.36. The number of nitrogens with zero attached hydrogens (tertiary/aromatic N) is 5. The molecule has 0 spiro atoms. The highest BCUT2D eigenvalue weighted by molar-refractivity contribution is 6.01. The summed E-state index contributed by atoms with van der Waals surface area (Å²) in [6.45, 7) is 9.53. The summed E-state index contributed by atoms with van der Waals surface area (Å²) in [5.41, 5.74) is 2.07. The molecule has 2 aromatic carbocycles. The van der Waals surface area contributed by atoms with Crippen molar-refractivity contribution in [1.29, 1.82) is 0 Å². The van der Waals surface area contributed by atoms with Crippen molar-refractivity contribution in [2.75, 3.05) is 55.5 Å². The number of benzene rings is 2. The average Bonchev–Trinajstić information content (AvgIpc) is 3.06. The van der Waals surface area contributed by atoms with Crippen LogP contribution in [0.2, 0.25) is 0 Å². The highest BCUT2D eigenvalue weighted by Crippen LogP contribution is 2.40. The molecule has 1 saturated heterocycles. The number of ether oxygens (including phenoxy) is 1. The Labute approximate surface area is 241 Å². The van der Waals surface area contributed by atoms with Crippen molar-refractivity contribution in [3.05, 3.63) is 60.3 Å². The van der Waals surface area contributed by atoms with Crippen LogP contribution in [0.5, 0.6) is 5.75 Å². The quantitative estimate of drug-likeness (QED) is 0.435. The zero-order valence-corrected chi connectivity index (χ0v) is 24.5. The van der Waals surface area contributed by atoms with E-state index in [-0.39, 0.29) is 17.9 Å². The number of piperidine rings is 1. The summed E-state index contributed by atoms with van der Waals surface area (Å²) < 4.78 is 5.64. The molecular formula is C31H39N7O3. The highest BCUT2D eigenvalue weighted by Gasteiger charge is 2.39. The first-order chi connectivity index (χ1) is 19.7. The van der Waals surface area contributed by atoms with E-state index in [0.29, 0.717) is 41.0 Å². The molecule has 0 bridgehead atoms. The molecule has 0 radical (unpaired) electrons. The fourth-order valence-corrected chi connectivity index (χ4v) is 5.50. The van der Waals surface area contributed by atoms with E-state index in [9.17, 15) is 9.59 Å². The number of fused-ring (bicyclic) bond motifs is 1. The van der Waals surface area contributed by atoms with Crippen LogP contribution in [0, 0.1) is 5.41 Å². The largest absolute Gasteiger partial charge is 0.495 e. The monoisotopic (exact) mass is 557 g/mol. The lowest BCUT2D eigenvalue weighted by atomic mass is 9.91. The maximum atomic E-state index is 13.3. The van der Waals surface area contributed by atoms with Crippen molar-refractivity contribution in [2.24, 2.45) is 5.41 Å². The van der Waals surface area contributed by atoms with Gasteiger partial charge in [-0.05, 0) is 63.6 Å². The molecule has 3 heterocycles. The molecule has 2 N–H and O–H groups in total. The lowest BCUT2D eigenvalue weighted by Crippen LogP contribution is -2.44. The van der Waals surface area contributed by atoms with Gasteiger partial charge >= 0.3 is 0 Å². The van der Waals surface area contributed by atoms with Gasteiger partial charge in [-0.15, -0.1) is 0 Å². The van der Waals surface area contributed by atoms with Crippen LogP contribution in [0.1, 0.15) is 44.0 Å². The number of hydrogen-bond acceptors (Lipinski definition) is 8. The number of carbonyl (C=O) groups is 2. The number of hydrogen-bond donors (Lipinski definition) is 2. The Balaban J connectivity index is 1.40. The van der Waals surface area contributed by atoms with Crippen molar-refractivity contribution in [2.45, 2.75) is 39.7 Å². The number of methoxy groups -OCH3 is 1. The van der Waals surface area contributed by atoms with Gasteiger partial charge in [0.15, 0.2) is 5.82 Å². The van der Waals surface area contributed by atoms with Gasteiger partial charge in [0.2, 0.25) is 11.9 Å². The van der Waals surface area contributed by atoms with Crippen LogP contribution in [0.15, 0.2) is 54.7 Å². The summed E-state index contributed by atoms with van der Waals surface area (Å²) in [7, 11) is 3.33. The SMILES string of the molecule is CCN1CCC(NC(=O)c2ccc(Nc3ncc4c(n3)N(c3ccccc3)CC(C)(C)C(=O)N4C)c(OC)c2)CC1. The second-order valence-corrected chi connectivity index (χ2v) is 11.3. The van der Waals surface area contributed by atoms with E-state index in [1.165, 1.54) is 0 Å². The van der Waals surface area contributed by atoms with Crippen molar-refractivity contribution >= 4 is 40.6 Å². The minimum absolute atomic E-state index is 0.00654. The van der Waals surface area contributed by atoms with Crippen LogP contribution in [0.4, 0.5) is 28.8 Å². The van der Waals surface area contributed by atoms with Gasteiger partial charge in [0, 0.05) is 44.0 Å². The van der Waals surface area contributed by atoms with Crippen LogP contribution >= 0.6 is 0 Å². The van der Waals surface area contributed by atoms with Gasteiger partial charge in [0.1, 0.15) is 11.4 Å². The van der Waals surface area contributed by atoms with Crippen molar-refractivity contribution in [3.8, 4) is 5.75 Å². The molecule has 10 nitrogen and oxygen atoms in total. The van der Waals surface area contributed by atoms with Gasteiger partial charge in [0.05, 0.1) is 24.4 Å². The standard InChI is InChI=1S/C31H39N7O3/c1-6-37-16-14-22(15-17-37)33-28(39)21-12-13-24(26(18-21)41-5)34-30-32-19-25-27(35-30)38(23-10-8-7-9-11-23)20-31(2,3)29(40)36(25)4/h7-13,18-19,22H,6,14-17,20H2,1-5H3,(H,33,39)(H,32,34,35). The minimum atomic E-state index is -0.647. The Bertz CT molecular complexity index is 1400. The predicted molar refractivity (Wildman–Crippen MR) is 162 cm³/mol. The summed E-state index contributed by atoms with van der Waals surface area (Å²) in [6, 6.07) is 15.4. The fourth-order valence-electron chi connectivity index (χ4n) is 5.50. The summed E-state index contributed by atoms with van der Waals surface area (Å²) in [5, 5.41) is 6.43. The topological polar surface area (TPSA) is 103 Å². The van der Waals surface area contributed by atoms with Gasteiger partial charge in [-0.3, -0.25) is 9.59 Å². The van der Waals surface area contributed by atoms with E-state index in [2.05, 4.69) is 32.3 Å². The van der Waals surface area contributed by atoms with E-state index in [4.69, 9.17) is 9.72 Å². The van der Waals surface area contributed by atoms with Gasteiger partial charge < -0.3 is 30.1 Å². The Hall–Kier alpha value is -4.18. The Morgan fingerprint density at radius 3 is 2.54 bits per heavy atom. The molecule has 2 aliphatic heterocycles. The van der Waals surface area contributed by atoms with Crippen LogP contribution in [0.3, 0.4) is 0 Å². The first kappa shape index (κ1) is 28.4. The second-order valence-electron chi connectivity index (χ2n) is 11.3. The molecule has 1 aromatic heterocycles. The third kappa shape index (κ3) is 5.97. The van der Waals surface area contributed by atoms with E-state index in [0.717, 1.165) is 38.2 Å².